The van der Waals surface area contributed by atoms with Crippen LogP contribution in [0.2, 0.25) is 0 Å². The van der Waals surface area contributed by atoms with Gasteiger partial charge < -0.3 is 19.0 Å². The van der Waals surface area contributed by atoms with E-state index in [1.54, 1.807) is 0 Å². The van der Waals surface area contributed by atoms with Gasteiger partial charge in [0.25, 0.3) is 0 Å². The van der Waals surface area contributed by atoms with Crippen molar-refractivity contribution in [3.05, 3.63) is 35.3 Å². The molecule has 0 saturated carbocycles. The van der Waals surface area contributed by atoms with Gasteiger partial charge in [-0.1, -0.05) is 18.2 Å². The zero-order valence-electron chi connectivity index (χ0n) is 22.2. The molecule has 2 fully saturated rings. The van der Waals surface area contributed by atoms with Crippen molar-refractivity contribution in [1.29, 1.82) is 0 Å². The molecule has 3 aliphatic rings. The molecule has 0 spiro atoms. The Kier molecular flexibility index (Phi) is 5.83. The molecule has 1 N–H and O–H groups in total. The summed E-state index contributed by atoms with van der Waals surface area (Å²) in [5.41, 5.74) is 4.42. The van der Waals surface area contributed by atoms with Crippen LogP contribution in [0.3, 0.4) is 0 Å². The third-order valence-electron chi connectivity index (χ3n) is 7.78. The number of aromatic nitrogens is 2. The van der Waals surface area contributed by atoms with E-state index >= 15 is 0 Å². The predicted molar refractivity (Wildman–Crippen MR) is 137 cm³/mol. The average Bonchev–Trinajstić information content (AvgIpc) is 3.40. The standard InChI is InChI=1S/C27H38BN3O4/c1-25(2,3)33-24(32)31-15-9-12-21(31)23-29-20-11-8-10-17-16-18(13-14-19(17)22(20)30-23)28-34-26(4,5)27(6,7)35-28/h13-14,16,21H,8-12,15H2,1-7H3,(H,29,30)/t21-/m0/s1. The van der Waals surface area contributed by atoms with Crippen LogP contribution in [0.25, 0.3) is 11.3 Å². The van der Waals surface area contributed by atoms with Crippen LogP contribution < -0.4 is 5.46 Å². The number of benzene rings is 1. The summed E-state index contributed by atoms with van der Waals surface area (Å²) in [5, 5.41) is 0. The maximum Gasteiger partial charge on any atom is 0.494 e. The molecule has 2 saturated heterocycles. The molecule has 5 rings (SSSR count). The van der Waals surface area contributed by atoms with E-state index in [1.807, 2.05) is 25.7 Å². The van der Waals surface area contributed by atoms with Crippen LogP contribution in [0.5, 0.6) is 0 Å². The molecular weight excluding hydrogens is 441 g/mol. The van der Waals surface area contributed by atoms with Gasteiger partial charge in [-0.3, -0.25) is 4.90 Å². The van der Waals surface area contributed by atoms with Gasteiger partial charge in [0.15, 0.2) is 0 Å². The number of nitrogens with one attached hydrogen (secondary N) is 1. The summed E-state index contributed by atoms with van der Waals surface area (Å²) in [4.78, 5) is 23.3. The predicted octanol–water partition coefficient (Wildman–Crippen LogP) is 4.94. The lowest BCUT2D eigenvalue weighted by Gasteiger charge is -2.32. The Morgan fingerprint density at radius 3 is 2.54 bits per heavy atom. The molecule has 188 valence electrons. The first kappa shape index (κ1) is 24.4. The first-order chi connectivity index (χ1) is 16.3. The minimum Gasteiger partial charge on any atom is -0.444 e. The molecule has 8 heteroatoms. The monoisotopic (exact) mass is 479 g/mol. The number of amides is 1. The van der Waals surface area contributed by atoms with Gasteiger partial charge in [0.1, 0.15) is 11.4 Å². The minimum absolute atomic E-state index is 0.0794. The first-order valence-electron chi connectivity index (χ1n) is 12.9. The Labute approximate surface area is 209 Å². The number of carbonyl (C=O) groups is 1. The van der Waals surface area contributed by atoms with Gasteiger partial charge in [0, 0.05) is 12.1 Å². The molecule has 1 aliphatic carbocycles. The van der Waals surface area contributed by atoms with Crippen molar-refractivity contribution in [2.45, 2.75) is 103 Å². The van der Waals surface area contributed by atoms with Gasteiger partial charge in [-0.15, -0.1) is 0 Å². The summed E-state index contributed by atoms with van der Waals surface area (Å²) in [6.45, 7) is 14.7. The van der Waals surface area contributed by atoms with Gasteiger partial charge in [0.2, 0.25) is 0 Å². The third kappa shape index (κ3) is 4.51. The molecule has 7 nitrogen and oxygen atoms in total. The molecule has 2 aromatic rings. The van der Waals surface area contributed by atoms with Crippen LogP contribution in [0.1, 0.15) is 90.9 Å². The highest BCUT2D eigenvalue weighted by atomic mass is 16.7. The maximum absolute atomic E-state index is 12.8. The van der Waals surface area contributed by atoms with Gasteiger partial charge in [0.05, 0.1) is 28.6 Å². The second-order valence-corrected chi connectivity index (χ2v) is 12.1. The molecule has 1 aromatic heterocycles. The zero-order chi connectivity index (χ0) is 25.2. The molecule has 3 heterocycles. The van der Waals surface area contributed by atoms with E-state index in [2.05, 4.69) is 50.9 Å². The van der Waals surface area contributed by atoms with Crippen LogP contribution >= 0.6 is 0 Å². The molecule has 0 bridgehead atoms. The summed E-state index contributed by atoms with van der Waals surface area (Å²) < 4.78 is 18.2. The highest BCUT2D eigenvalue weighted by Gasteiger charge is 2.51. The van der Waals surface area contributed by atoms with E-state index in [9.17, 15) is 4.79 Å². The zero-order valence-corrected chi connectivity index (χ0v) is 22.2. The fourth-order valence-electron chi connectivity index (χ4n) is 5.22. The molecule has 35 heavy (non-hydrogen) atoms. The topological polar surface area (TPSA) is 76.7 Å². The maximum atomic E-state index is 12.8. The van der Waals surface area contributed by atoms with Crippen molar-refractivity contribution >= 4 is 18.7 Å². The average molecular weight is 479 g/mol. The van der Waals surface area contributed by atoms with Crippen molar-refractivity contribution in [1.82, 2.24) is 14.9 Å². The number of rotatable bonds is 2. The largest absolute Gasteiger partial charge is 0.494 e. The number of ether oxygens (including phenoxy) is 1. The number of H-pyrrole nitrogens is 1. The summed E-state index contributed by atoms with van der Waals surface area (Å²) in [5.74, 6) is 0.862. The number of likely N-dealkylation sites (tertiary alicyclic amines) is 1. The van der Waals surface area contributed by atoms with E-state index in [1.165, 1.54) is 11.1 Å². The highest BCUT2D eigenvalue weighted by Crippen LogP contribution is 2.39. The lowest BCUT2D eigenvalue weighted by molar-refractivity contribution is 0.00578. The van der Waals surface area contributed by atoms with E-state index in [-0.39, 0.29) is 30.5 Å². The Morgan fingerprint density at radius 1 is 1.14 bits per heavy atom. The molecule has 2 aliphatic heterocycles. The molecule has 1 aromatic carbocycles. The van der Waals surface area contributed by atoms with Gasteiger partial charge in [-0.2, -0.15) is 0 Å². The van der Waals surface area contributed by atoms with E-state index in [4.69, 9.17) is 19.0 Å². The number of aromatic amines is 1. The minimum atomic E-state index is -0.516. The second-order valence-electron chi connectivity index (χ2n) is 12.1. The Morgan fingerprint density at radius 2 is 1.86 bits per heavy atom. The number of nitrogens with zero attached hydrogens (tertiary/aromatic N) is 2. The van der Waals surface area contributed by atoms with Crippen molar-refractivity contribution in [3.8, 4) is 11.3 Å². The quantitative estimate of drug-likeness (QED) is 0.618. The smallest absolute Gasteiger partial charge is 0.444 e. The molecule has 1 amide bonds. The fraction of sp³-hybridized carbons (Fsp3) is 0.630. The summed E-state index contributed by atoms with van der Waals surface area (Å²) in [7, 11) is -0.369. The lowest BCUT2D eigenvalue weighted by Crippen LogP contribution is -2.41. The number of hydrogen-bond acceptors (Lipinski definition) is 5. The van der Waals surface area contributed by atoms with Crippen LogP contribution in [0, 0.1) is 0 Å². The van der Waals surface area contributed by atoms with E-state index in [0.29, 0.717) is 6.54 Å². The van der Waals surface area contributed by atoms with Crippen molar-refractivity contribution in [3.63, 3.8) is 0 Å². The third-order valence-corrected chi connectivity index (χ3v) is 7.78. The fourth-order valence-corrected chi connectivity index (χ4v) is 5.22. The number of aryl methyl sites for hydroxylation is 2. The summed E-state index contributed by atoms with van der Waals surface area (Å²) >= 11 is 0. The van der Waals surface area contributed by atoms with E-state index < -0.39 is 5.60 Å². The molecule has 1 atom stereocenters. The van der Waals surface area contributed by atoms with Crippen LogP contribution in [-0.2, 0) is 26.9 Å². The SMILES string of the molecule is CC(C)(C)OC(=O)N1CCC[C@H]1c1nc2c([nH]1)-c1ccc(B3OC(C)(C)C(C)(C)O3)cc1CCC2. The summed E-state index contributed by atoms with van der Waals surface area (Å²) in [6.07, 6.45) is 4.49. The van der Waals surface area contributed by atoms with Crippen LogP contribution in [-0.4, -0.2) is 51.4 Å². The molecular formula is C27H38BN3O4. The highest BCUT2D eigenvalue weighted by molar-refractivity contribution is 6.62. The van der Waals surface area contributed by atoms with Crippen LogP contribution in [0.4, 0.5) is 4.79 Å². The van der Waals surface area contributed by atoms with Gasteiger partial charge >= 0.3 is 13.2 Å². The van der Waals surface area contributed by atoms with Gasteiger partial charge in [-0.25, -0.2) is 9.78 Å². The lowest BCUT2D eigenvalue weighted by atomic mass is 9.77. The molecule has 0 unspecified atom stereocenters. The van der Waals surface area contributed by atoms with Crippen molar-refractivity contribution in [2.24, 2.45) is 0 Å². The van der Waals surface area contributed by atoms with Crippen molar-refractivity contribution < 1.29 is 18.8 Å². The van der Waals surface area contributed by atoms with Gasteiger partial charge in [-0.05, 0) is 91.6 Å². The summed E-state index contributed by atoms with van der Waals surface area (Å²) in [6, 6.07) is 6.43. The molecule has 0 radical (unpaired) electrons. The first-order valence-corrected chi connectivity index (χ1v) is 12.9. The number of imidazole rings is 1. The Bertz CT molecular complexity index is 1120. The number of carbonyl (C=O) groups excluding carboxylic acids is 1. The van der Waals surface area contributed by atoms with Crippen LogP contribution in [0.15, 0.2) is 18.2 Å². The number of hydrogen-bond donors (Lipinski definition) is 1. The van der Waals surface area contributed by atoms with E-state index in [0.717, 1.165) is 54.8 Å². The second kappa shape index (κ2) is 8.37. The Balaban J connectivity index is 1.43. The van der Waals surface area contributed by atoms with Crippen molar-refractivity contribution in [2.75, 3.05) is 6.54 Å². The number of fused-ring (bicyclic) bond motifs is 3. The Hall–Kier alpha value is -2.32. The normalized spacial score (nSPS) is 23.1.